The van der Waals surface area contributed by atoms with Gasteiger partial charge in [-0.15, -0.1) is 0 Å². The summed E-state index contributed by atoms with van der Waals surface area (Å²) in [6.45, 7) is 0. The van der Waals surface area contributed by atoms with Gasteiger partial charge in [-0.05, 0) is 28.1 Å². The summed E-state index contributed by atoms with van der Waals surface area (Å²) in [6.07, 6.45) is 1.47. The highest BCUT2D eigenvalue weighted by atomic mass is 79.9. The summed E-state index contributed by atoms with van der Waals surface area (Å²) >= 11 is 3.27. The predicted molar refractivity (Wildman–Crippen MR) is 43.8 cm³/mol. The molecule has 0 aliphatic rings. The van der Waals surface area contributed by atoms with E-state index in [4.69, 9.17) is 0 Å². The number of hydrogen-bond acceptors (Lipinski definition) is 1. The topological polar surface area (TPSA) is 28.7 Å². The Hall–Kier alpha value is -0.900. The number of aromatic nitrogens is 2. The van der Waals surface area contributed by atoms with Crippen LogP contribution >= 0.6 is 15.9 Å². The zero-order valence-corrected chi connectivity index (χ0v) is 7.02. The van der Waals surface area contributed by atoms with Crippen LogP contribution in [-0.2, 0) is 0 Å². The van der Waals surface area contributed by atoms with E-state index in [0.717, 1.165) is 4.47 Å². The van der Waals surface area contributed by atoms with Crippen molar-refractivity contribution in [2.45, 2.75) is 0 Å². The molecule has 0 bridgehead atoms. The average Bonchev–Trinajstić information content (AvgIpc) is 2.45. The van der Waals surface area contributed by atoms with Gasteiger partial charge in [0, 0.05) is 4.47 Å². The van der Waals surface area contributed by atoms with Crippen LogP contribution in [0.2, 0.25) is 0 Å². The number of nitrogens with one attached hydrogen (secondary N) is 1. The Morgan fingerprint density at radius 2 is 2.27 bits per heavy atom. The maximum atomic E-state index is 12.9. The van der Waals surface area contributed by atoms with E-state index in [1.54, 1.807) is 6.07 Å². The number of benzene rings is 1. The van der Waals surface area contributed by atoms with Gasteiger partial charge >= 0.3 is 0 Å². The first kappa shape index (κ1) is 6.79. The molecule has 0 unspecified atom stereocenters. The monoisotopic (exact) mass is 214 g/mol. The fourth-order valence-corrected chi connectivity index (χ4v) is 1.40. The lowest BCUT2D eigenvalue weighted by Gasteiger charge is -1.92. The smallest absolute Gasteiger partial charge is 0.134 e. The molecule has 1 aromatic carbocycles. The Labute approximate surface area is 70.5 Å². The summed E-state index contributed by atoms with van der Waals surface area (Å²) in [5.41, 5.74) is 0.699. The summed E-state index contributed by atoms with van der Waals surface area (Å²) in [5.74, 6) is -0.253. The molecule has 0 fully saturated rings. The molecule has 1 heterocycles. The third-order valence-electron chi connectivity index (χ3n) is 1.51. The van der Waals surface area contributed by atoms with E-state index in [0.29, 0.717) is 10.9 Å². The minimum absolute atomic E-state index is 0.253. The van der Waals surface area contributed by atoms with Crippen molar-refractivity contribution >= 4 is 26.8 Å². The summed E-state index contributed by atoms with van der Waals surface area (Å²) in [6, 6.07) is 3.05. The summed E-state index contributed by atoms with van der Waals surface area (Å²) in [7, 11) is 0. The molecule has 0 atom stereocenters. The van der Waals surface area contributed by atoms with E-state index in [2.05, 4.69) is 26.1 Å². The molecule has 0 aliphatic carbocycles. The molecule has 0 aliphatic heterocycles. The molecule has 0 saturated carbocycles. The first-order valence-corrected chi connectivity index (χ1v) is 3.85. The lowest BCUT2D eigenvalue weighted by molar-refractivity contribution is 0.640. The molecule has 4 heteroatoms. The Kier molecular flexibility index (Phi) is 1.42. The summed E-state index contributed by atoms with van der Waals surface area (Å²) < 4.78 is 13.7. The van der Waals surface area contributed by atoms with Crippen molar-refractivity contribution in [1.82, 2.24) is 10.2 Å². The molecule has 2 nitrogen and oxygen atoms in total. The van der Waals surface area contributed by atoms with E-state index < -0.39 is 0 Å². The van der Waals surface area contributed by atoms with E-state index >= 15 is 0 Å². The molecule has 0 saturated heterocycles. The van der Waals surface area contributed by atoms with Crippen molar-refractivity contribution in [2.24, 2.45) is 0 Å². The van der Waals surface area contributed by atoms with Crippen molar-refractivity contribution in [3.05, 3.63) is 28.6 Å². The van der Waals surface area contributed by atoms with Gasteiger partial charge in [-0.1, -0.05) is 0 Å². The van der Waals surface area contributed by atoms with Gasteiger partial charge in [-0.2, -0.15) is 5.10 Å². The van der Waals surface area contributed by atoms with E-state index in [9.17, 15) is 4.39 Å². The highest BCUT2D eigenvalue weighted by Gasteiger charge is 2.04. The molecule has 11 heavy (non-hydrogen) atoms. The second-order valence-corrected chi connectivity index (χ2v) is 3.04. The zero-order valence-electron chi connectivity index (χ0n) is 5.44. The Morgan fingerprint density at radius 1 is 1.45 bits per heavy atom. The Bertz CT molecular complexity index is 360. The highest BCUT2D eigenvalue weighted by Crippen LogP contribution is 2.23. The molecule has 0 spiro atoms. The van der Waals surface area contributed by atoms with Crippen LogP contribution in [0.5, 0.6) is 0 Å². The molecular formula is C7H4BrFN2. The third-order valence-corrected chi connectivity index (χ3v) is 2.17. The number of H-pyrrole nitrogens is 1. The Balaban J connectivity index is 2.96. The van der Waals surface area contributed by atoms with Crippen LogP contribution in [0.1, 0.15) is 0 Å². The lowest BCUT2D eigenvalue weighted by atomic mass is 10.2. The van der Waals surface area contributed by atoms with Crippen molar-refractivity contribution in [3.63, 3.8) is 0 Å². The normalized spacial score (nSPS) is 10.7. The number of halogens is 2. The third kappa shape index (κ3) is 0.939. The largest absolute Gasteiger partial charge is 0.277 e. The van der Waals surface area contributed by atoms with Crippen molar-refractivity contribution < 1.29 is 4.39 Å². The number of rotatable bonds is 0. The van der Waals surface area contributed by atoms with Crippen LogP contribution in [0.25, 0.3) is 10.9 Å². The number of aromatic amines is 1. The maximum absolute atomic E-state index is 12.9. The first-order chi connectivity index (χ1) is 5.29. The maximum Gasteiger partial charge on any atom is 0.134 e. The van der Waals surface area contributed by atoms with Crippen LogP contribution in [0.15, 0.2) is 22.8 Å². The first-order valence-electron chi connectivity index (χ1n) is 3.06. The van der Waals surface area contributed by atoms with Crippen LogP contribution in [0.4, 0.5) is 4.39 Å². The van der Waals surface area contributed by atoms with Gasteiger partial charge in [0.15, 0.2) is 0 Å². The molecule has 0 radical (unpaired) electrons. The van der Waals surface area contributed by atoms with Gasteiger partial charge in [0.1, 0.15) is 5.82 Å². The minimum Gasteiger partial charge on any atom is -0.277 e. The number of nitrogens with zero attached hydrogens (tertiary/aromatic N) is 1. The second-order valence-electron chi connectivity index (χ2n) is 2.19. The molecule has 1 aromatic heterocycles. The van der Waals surface area contributed by atoms with Crippen LogP contribution in [0, 0.1) is 5.82 Å². The molecule has 2 aromatic rings. The highest BCUT2D eigenvalue weighted by molar-refractivity contribution is 9.10. The minimum atomic E-state index is -0.253. The van der Waals surface area contributed by atoms with E-state index in [1.807, 2.05) is 0 Å². The summed E-state index contributed by atoms with van der Waals surface area (Å²) in [5, 5.41) is 6.93. The second kappa shape index (κ2) is 2.30. The SMILES string of the molecule is Fc1ccc(Br)c2[nH]ncc12. The summed E-state index contributed by atoms with van der Waals surface area (Å²) in [4.78, 5) is 0. The molecule has 1 N–H and O–H groups in total. The molecule has 2 rings (SSSR count). The van der Waals surface area contributed by atoms with Crippen LogP contribution < -0.4 is 0 Å². The zero-order chi connectivity index (χ0) is 7.84. The van der Waals surface area contributed by atoms with Crippen LogP contribution in [-0.4, -0.2) is 10.2 Å². The van der Waals surface area contributed by atoms with E-state index in [-0.39, 0.29) is 5.82 Å². The van der Waals surface area contributed by atoms with E-state index in [1.165, 1.54) is 12.3 Å². The van der Waals surface area contributed by atoms with Gasteiger partial charge in [0.05, 0.1) is 17.1 Å². The molecular weight excluding hydrogens is 211 g/mol. The number of fused-ring (bicyclic) bond motifs is 1. The lowest BCUT2D eigenvalue weighted by Crippen LogP contribution is -1.76. The van der Waals surface area contributed by atoms with Crippen molar-refractivity contribution in [3.8, 4) is 0 Å². The fraction of sp³-hybridized carbons (Fsp3) is 0. The molecule has 56 valence electrons. The van der Waals surface area contributed by atoms with Crippen LogP contribution in [0.3, 0.4) is 0 Å². The van der Waals surface area contributed by atoms with Gasteiger partial charge in [-0.3, -0.25) is 5.10 Å². The fourth-order valence-electron chi connectivity index (χ4n) is 0.969. The predicted octanol–water partition coefficient (Wildman–Crippen LogP) is 2.46. The Morgan fingerprint density at radius 3 is 3.00 bits per heavy atom. The van der Waals surface area contributed by atoms with Crippen molar-refractivity contribution in [2.75, 3.05) is 0 Å². The van der Waals surface area contributed by atoms with Gasteiger partial charge < -0.3 is 0 Å². The molecule has 0 amide bonds. The number of hydrogen-bond donors (Lipinski definition) is 1. The van der Waals surface area contributed by atoms with Gasteiger partial charge in [0.2, 0.25) is 0 Å². The standard InChI is InChI=1S/C7H4BrFN2/c8-5-1-2-6(9)4-3-10-11-7(4)5/h1-3H,(H,10,11). The van der Waals surface area contributed by atoms with Gasteiger partial charge in [-0.25, -0.2) is 4.39 Å². The van der Waals surface area contributed by atoms with Gasteiger partial charge in [0.25, 0.3) is 0 Å². The van der Waals surface area contributed by atoms with Crippen molar-refractivity contribution in [1.29, 1.82) is 0 Å². The quantitative estimate of drug-likeness (QED) is 0.718. The average molecular weight is 215 g/mol.